The van der Waals surface area contributed by atoms with Gasteiger partial charge in [-0.25, -0.2) is 0 Å². The van der Waals surface area contributed by atoms with E-state index >= 15 is 0 Å². The summed E-state index contributed by atoms with van der Waals surface area (Å²) in [7, 11) is 0. The van der Waals surface area contributed by atoms with Crippen LogP contribution in [0.1, 0.15) is 22.8 Å². The number of carbonyl (C=O) groups excluding carboxylic acids is 1. The van der Waals surface area contributed by atoms with Gasteiger partial charge in [0.2, 0.25) is 0 Å². The van der Waals surface area contributed by atoms with E-state index in [0.717, 1.165) is 5.56 Å². The molecule has 0 aliphatic carbocycles. The van der Waals surface area contributed by atoms with Gasteiger partial charge in [0.15, 0.2) is 0 Å². The van der Waals surface area contributed by atoms with Crippen molar-refractivity contribution in [2.45, 2.75) is 26.1 Å². The minimum atomic E-state index is -0.102. The molecule has 2 unspecified atom stereocenters. The minimum absolute atomic E-state index is 0.00160. The minimum Gasteiger partial charge on any atom is -0.370 e. The van der Waals surface area contributed by atoms with Crippen molar-refractivity contribution in [3.63, 3.8) is 0 Å². The summed E-state index contributed by atoms with van der Waals surface area (Å²) in [6, 6.07) is 5.39. The van der Waals surface area contributed by atoms with Crippen molar-refractivity contribution in [3.8, 4) is 0 Å². The Morgan fingerprint density at radius 2 is 2.16 bits per heavy atom. The standard InChI is InChI=1S/C14H17Cl2NO2/c1-9-3-11(5-12(16)4-9)14(18)17-7-10(2)19-13(6-15)8-17/h3-5,10,13H,6-8H2,1-2H3. The lowest BCUT2D eigenvalue weighted by atomic mass is 10.1. The molecule has 5 heteroatoms. The van der Waals surface area contributed by atoms with Gasteiger partial charge in [-0.15, -0.1) is 11.6 Å². The van der Waals surface area contributed by atoms with Crippen LogP contribution in [0.15, 0.2) is 18.2 Å². The van der Waals surface area contributed by atoms with Gasteiger partial charge >= 0.3 is 0 Å². The third kappa shape index (κ3) is 3.62. The maximum atomic E-state index is 12.5. The molecule has 0 N–H and O–H groups in total. The average Bonchev–Trinajstić information content (AvgIpc) is 2.35. The summed E-state index contributed by atoms with van der Waals surface area (Å²) in [6.45, 7) is 4.98. The predicted molar refractivity (Wildman–Crippen MR) is 77.1 cm³/mol. The van der Waals surface area contributed by atoms with Crippen LogP contribution in [0, 0.1) is 6.92 Å². The first-order chi connectivity index (χ1) is 8.99. The van der Waals surface area contributed by atoms with E-state index in [-0.39, 0.29) is 18.1 Å². The number of ether oxygens (including phenoxy) is 1. The number of aryl methyl sites for hydroxylation is 1. The molecule has 0 bridgehead atoms. The van der Waals surface area contributed by atoms with E-state index < -0.39 is 0 Å². The van der Waals surface area contributed by atoms with Crippen LogP contribution in [0.5, 0.6) is 0 Å². The molecule has 2 atom stereocenters. The fraction of sp³-hybridized carbons (Fsp3) is 0.500. The number of halogens is 2. The Kier molecular flexibility index (Phi) is 4.71. The fourth-order valence-electron chi connectivity index (χ4n) is 2.34. The Hall–Kier alpha value is -0.770. The quantitative estimate of drug-likeness (QED) is 0.786. The van der Waals surface area contributed by atoms with Gasteiger partial charge in [-0.2, -0.15) is 0 Å². The number of amides is 1. The first-order valence-electron chi connectivity index (χ1n) is 6.27. The van der Waals surface area contributed by atoms with Crippen molar-refractivity contribution in [2.24, 2.45) is 0 Å². The predicted octanol–water partition coefficient (Wildman–Crippen LogP) is 3.12. The zero-order chi connectivity index (χ0) is 14.0. The van der Waals surface area contributed by atoms with E-state index in [1.54, 1.807) is 11.0 Å². The molecule has 1 amide bonds. The van der Waals surface area contributed by atoms with Crippen LogP contribution in [0.25, 0.3) is 0 Å². The largest absolute Gasteiger partial charge is 0.370 e. The van der Waals surface area contributed by atoms with E-state index in [4.69, 9.17) is 27.9 Å². The molecule has 0 aromatic heterocycles. The van der Waals surface area contributed by atoms with E-state index in [1.165, 1.54) is 0 Å². The summed E-state index contributed by atoms with van der Waals surface area (Å²) < 4.78 is 5.65. The molecule has 1 aliphatic rings. The van der Waals surface area contributed by atoms with E-state index in [2.05, 4.69) is 0 Å². The number of carbonyl (C=O) groups is 1. The summed E-state index contributed by atoms with van der Waals surface area (Å²) in [4.78, 5) is 14.3. The molecular formula is C14H17Cl2NO2. The van der Waals surface area contributed by atoms with Gasteiger partial charge < -0.3 is 9.64 Å². The summed E-state index contributed by atoms with van der Waals surface area (Å²) in [5.41, 5.74) is 1.60. The number of morpholine rings is 1. The molecule has 1 heterocycles. The second kappa shape index (κ2) is 6.12. The molecule has 2 rings (SSSR count). The Labute approximate surface area is 123 Å². The van der Waals surface area contributed by atoms with Gasteiger partial charge in [-0.3, -0.25) is 4.79 Å². The molecular weight excluding hydrogens is 285 g/mol. The van der Waals surface area contributed by atoms with Crippen LogP contribution in [0.4, 0.5) is 0 Å². The van der Waals surface area contributed by atoms with Crippen molar-refractivity contribution in [1.29, 1.82) is 0 Å². The topological polar surface area (TPSA) is 29.5 Å². The summed E-state index contributed by atoms with van der Waals surface area (Å²) >= 11 is 11.8. The Morgan fingerprint density at radius 1 is 1.42 bits per heavy atom. The van der Waals surface area contributed by atoms with Crippen LogP contribution in [-0.2, 0) is 4.74 Å². The van der Waals surface area contributed by atoms with Gasteiger partial charge in [0.1, 0.15) is 0 Å². The molecule has 3 nitrogen and oxygen atoms in total. The number of hydrogen-bond acceptors (Lipinski definition) is 2. The molecule has 0 saturated carbocycles. The van der Waals surface area contributed by atoms with E-state index in [9.17, 15) is 4.79 Å². The van der Waals surface area contributed by atoms with Crippen molar-refractivity contribution < 1.29 is 9.53 Å². The lowest BCUT2D eigenvalue weighted by Crippen LogP contribution is -2.49. The smallest absolute Gasteiger partial charge is 0.254 e. The van der Waals surface area contributed by atoms with Crippen molar-refractivity contribution in [3.05, 3.63) is 34.3 Å². The third-order valence-corrected chi connectivity index (χ3v) is 3.64. The lowest BCUT2D eigenvalue weighted by molar-refractivity contribution is -0.0570. The van der Waals surface area contributed by atoms with Crippen molar-refractivity contribution in [2.75, 3.05) is 19.0 Å². The zero-order valence-corrected chi connectivity index (χ0v) is 12.5. The molecule has 1 aromatic rings. The molecule has 1 aliphatic heterocycles. The number of benzene rings is 1. The normalized spacial score (nSPS) is 23.5. The molecule has 1 fully saturated rings. The van der Waals surface area contributed by atoms with E-state index in [1.807, 2.05) is 26.0 Å². The maximum absolute atomic E-state index is 12.5. The molecule has 0 spiro atoms. The zero-order valence-electron chi connectivity index (χ0n) is 11.0. The first-order valence-corrected chi connectivity index (χ1v) is 7.18. The molecule has 1 saturated heterocycles. The van der Waals surface area contributed by atoms with Gasteiger partial charge in [0, 0.05) is 23.7 Å². The van der Waals surface area contributed by atoms with Crippen LogP contribution in [0.2, 0.25) is 5.02 Å². The Bertz CT molecular complexity index is 458. The lowest BCUT2D eigenvalue weighted by Gasteiger charge is -2.36. The highest BCUT2D eigenvalue weighted by Crippen LogP contribution is 2.19. The van der Waals surface area contributed by atoms with E-state index in [0.29, 0.717) is 29.6 Å². The molecule has 104 valence electrons. The highest BCUT2D eigenvalue weighted by molar-refractivity contribution is 6.31. The number of hydrogen-bond donors (Lipinski definition) is 0. The molecule has 0 radical (unpaired) electrons. The highest BCUT2D eigenvalue weighted by Gasteiger charge is 2.28. The maximum Gasteiger partial charge on any atom is 0.254 e. The summed E-state index contributed by atoms with van der Waals surface area (Å²) in [5, 5.41) is 0.582. The van der Waals surface area contributed by atoms with Crippen LogP contribution < -0.4 is 0 Å². The first kappa shape index (κ1) is 14.6. The van der Waals surface area contributed by atoms with Crippen LogP contribution in [-0.4, -0.2) is 42.0 Å². The Morgan fingerprint density at radius 3 is 2.79 bits per heavy atom. The summed E-state index contributed by atoms with van der Waals surface area (Å²) in [5.74, 6) is 0.374. The molecule has 1 aromatic carbocycles. The second-order valence-electron chi connectivity index (χ2n) is 4.95. The summed E-state index contributed by atoms with van der Waals surface area (Å²) in [6.07, 6.45) is -0.101. The fourth-order valence-corrected chi connectivity index (χ4v) is 2.80. The monoisotopic (exact) mass is 301 g/mol. The SMILES string of the molecule is Cc1cc(Cl)cc(C(=O)N2CC(C)OC(CCl)C2)c1. The second-order valence-corrected chi connectivity index (χ2v) is 5.70. The third-order valence-electron chi connectivity index (χ3n) is 3.07. The van der Waals surface area contributed by atoms with Crippen molar-refractivity contribution >= 4 is 29.1 Å². The van der Waals surface area contributed by atoms with Crippen LogP contribution >= 0.6 is 23.2 Å². The van der Waals surface area contributed by atoms with Crippen molar-refractivity contribution in [1.82, 2.24) is 4.90 Å². The van der Waals surface area contributed by atoms with Gasteiger partial charge in [-0.05, 0) is 37.6 Å². The Balaban J connectivity index is 2.18. The number of alkyl halides is 1. The highest BCUT2D eigenvalue weighted by atomic mass is 35.5. The number of rotatable bonds is 2. The van der Waals surface area contributed by atoms with Gasteiger partial charge in [0.25, 0.3) is 5.91 Å². The van der Waals surface area contributed by atoms with Gasteiger partial charge in [-0.1, -0.05) is 11.6 Å². The van der Waals surface area contributed by atoms with Crippen LogP contribution in [0.3, 0.4) is 0 Å². The molecule has 19 heavy (non-hydrogen) atoms. The van der Waals surface area contributed by atoms with Gasteiger partial charge in [0.05, 0.1) is 18.1 Å². The average molecular weight is 302 g/mol. The number of nitrogens with zero attached hydrogens (tertiary/aromatic N) is 1.